The van der Waals surface area contributed by atoms with Gasteiger partial charge in [0.25, 0.3) is 0 Å². The van der Waals surface area contributed by atoms with Crippen LogP contribution in [0.3, 0.4) is 0 Å². The van der Waals surface area contributed by atoms with Crippen LogP contribution in [-0.2, 0) is 19.4 Å². The first-order valence-electron chi connectivity index (χ1n) is 8.70. The molecule has 0 bridgehead atoms. The van der Waals surface area contributed by atoms with Crippen molar-refractivity contribution in [1.29, 1.82) is 0 Å². The number of hydrogen-bond acceptors (Lipinski definition) is 2. The molecule has 0 aliphatic heterocycles. The van der Waals surface area contributed by atoms with Crippen LogP contribution in [0.5, 0.6) is 0 Å². The molecule has 3 rings (SSSR count). The Morgan fingerprint density at radius 1 is 0.917 bits per heavy atom. The Hall–Kier alpha value is -2.39. The molecule has 0 aliphatic rings. The lowest BCUT2D eigenvalue weighted by atomic mass is 10.0. The monoisotopic (exact) mass is 319 g/mol. The molecule has 0 aliphatic carbocycles. The number of unbranched alkanes of at least 4 members (excludes halogenated alkanes) is 1. The van der Waals surface area contributed by atoms with Crippen molar-refractivity contribution in [2.45, 2.75) is 39.2 Å². The normalized spacial score (nSPS) is 10.9. The second-order valence-corrected chi connectivity index (χ2v) is 6.23. The molecule has 3 heteroatoms. The van der Waals surface area contributed by atoms with Gasteiger partial charge in [0.2, 0.25) is 0 Å². The van der Waals surface area contributed by atoms with E-state index in [4.69, 9.17) is 10.7 Å². The van der Waals surface area contributed by atoms with Gasteiger partial charge in [0.05, 0.1) is 5.69 Å². The Labute approximate surface area is 144 Å². The minimum absolute atomic E-state index is 0.570. The van der Waals surface area contributed by atoms with Gasteiger partial charge in [-0.2, -0.15) is 0 Å². The van der Waals surface area contributed by atoms with Crippen LogP contribution in [0.2, 0.25) is 0 Å². The van der Waals surface area contributed by atoms with E-state index in [9.17, 15) is 0 Å². The molecule has 1 heterocycles. The molecule has 0 radical (unpaired) electrons. The average Bonchev–Trinajstić information content (AvgIpc) is 3.10. The molecule has 0 saturated carbocycles. The molecule has 0 unspecified atom stereocenters. The fourth-order valence-electron chi connectivity index (χ4n) is 2.81. The van der Waals surface area contributed by atoms with Gasteiger partial charge in [-0.15, -0.1) is 0 Å². The maximum atomic E-state index is 5.64. The van der Waals surface area contributed by atoms with E-state index in [2.05, 4.69) is 60.4 Å². The molecule has 0 atom stereocenters. The highest BCUT2D eigenvalue weighted by Crippen LogP contribution is 2.19. The van der Waals surface area contributed by atoms with Crippen molar-refractivity contribution in [3.05, 3.63) is 77.2 Å². The Morgan fingerprint density at radius 3 is 2.25 bits per heavy atom. The predicted octanol–water partition coefficient (Wildman–Crippen LogP) is 4.47. The van der Waals surface area contributed by atoms with E-state index < -0.39 is 0 Å². The van der Waals surface area contributed by atoms with E-state index >= 15 is 0 Å². The van der Waals surface area contributed by atoms with E-state index in [1.165, 1.54) is 30.4 Å². The number of nitrogens with zero attached hydrogens (tertiary/aromatic N) is 1. The Kier molecular flexibility index (Phi) is 5.44. The maximum absolute atomic E-state index is 5.64. The van der Waals surface area contributed by atoms with Crippen molar-refractivity contribution < 1.29 is 0 Å². The van der Waals surface area contributed by atoms with Crippen molar-refractivity contribution in [3.63, 3.8) is 0 Å². The number of hydrogen-bond donors (Lipinski definition) is 2. The minimum atomic E-state index is 0.570. The summed E-state index contributed by atoms with van der Waals surface area (Å²) >= 11 is 0. The van der Waals surface area contributed by atoms with E-state index in [0.29, 0.717) is 6.54 Å². The van der Waals surface area contributed by atoms with Crippen LogP contribution < -0.4 is 5.73 Å². The van der Waals surface area contributed by atoms with Crippen molar-refractivity contribution in [3.8, 4) is 11.3 Å². The Morgan fingerprint density at radius 2 is 1.58 bits per heavy atom. The fourth-order valence-corrected chi connectivity index (χ4v) is 2.81. The van der Waals surface area contributed by atoms with E-state index in [1.54, 1.807) is 0 Å². The summed E-state index contributed by atoms with van der Waals surface area (Å²) in [5.74, 6) is 0.995. The molecule has 0 saturated heterocycles. The lowest BCUT2D eigenvalue weighted by Crippen LogP contribution is -1.95. The first kappa shape index (κ1) is 16.5. The molecule has 1 aromatic heterocycles. The molecule has 24 heavy (non-hydrogen) atoms. The van der Waals surface area contributed by atoms with Crippen LogP contribution in [0.4, 0.5) is 0 Å². The second-order valence-electron chi connectivity index (χ2n) is 6.23. The van der Waals surface area contributed by atoms with Gasteiger partial charge >= 0.3 is 0 Å². The van der Waals surface area contributed by atoms with Gasteiger partial charge in [-0.05, 0) is 29.5 Å². The Bertz CT molecular complexity index is 755. The predicted molar refractivity (Wildman–Crippen MR) is 99.8 cm³/mol. The number of aryl methyl sites for hydroxylation is 1. The van der Waals surface area contributed by atoms with Crippen LogP contribution in [0, 0.1) is 0 Å². The molecule has 2 aromatic carbocycles. The summed E-state index contributed by atoms with van der Waals surface area (Å²) in [6.45, 7) is 2.80. The number of aromatic amines is 1. The van der Waals surface area contributed by atoms with Crippen LogP contribution in [-0.4, -0.2) is 9.97 Å². The largest absolute Gasteiger partial charge is 0.348 e. The van der Waals surface area contributed by atoms with E-state index in [-0.39, 0.29) is 0 Å². The number of nitrogens with two attached hydrogens (primary N) is 1. The third-order valence-corrected chi connectivity index (χ3v) is 4.33. The smallest absolute Gasteiger partial charge is 0.111 e. The summed E-state index contributed by atoms with van der Waals surface area (Å²) in [6, 6.07) is 17.2. The van der Waals surface area contributed by atoms with Gasteiger partial charge in [0.1, 0.15) is 5.82 Å². The van der Waals surface area contributed by atoms with Crippen LogP contribution in [0.1, 0.15) is 42.3 Å². The summed E-state index contributed by atoms with van der Waals surface area (Å²) in [5, 5.41) is 0. The maximum Gasteiger partial charge on any atom is 0.111 e. The van der Waals surface area contributed by atoms with Crippen molar-refractivity contribution >= 4 is 0 Å². The molecule has 0 amide bonds. The van der Waals surface area contributed by atoms with Crippen molar-refractivity contribution in [2.24, 2.45) is 5.73 Å². The second kappa shape index (κ2) is 7.93. The zero-order valence-electron chi connectivity index (χ0n) is 14.3. The number of imidazole rings is 1. The summed E-state index contributed by atoms with van der Waals surface area (Å²) in [4.78, 5) is 8.01. The standard InChI is InChI=1S/C21H25N3/c1-2-3-4-16-5-7-17(8-6-16)13-21-23-15-20(24-21)19-11-9-18(14-22)10-12-19/h5-12,15H,2-4,13-14,22H2,1H3,(H,23,24). The molecule has 3 aromatic rings. The number of benzene rings is 2. The number of nitrogens with one attached hydrogen (secondary N) is 1. The molecule has 3 N–H and O–H groups in total. The average molecular weight is 319 g/mol. The van der Waals surface area contributed by atoms with Gasteiger partial charge in [-0.25, -0.2) is 4.98 Å². The van der Waals surface area contributed by atoms with Gasteiger partial charge < -0.3 is 10.7 Å². The fraction of sp³-hybridized carbons (Fsp3) is 0.286. The summed E-state index contributed by atoms with van der Waals surface area (Å²) in [6.07, 6.45) is 6.46. The Balaban J connectivity index is 1.66. The highest BCUT2D eigenvalue weighted by atomic mass is 14.9. The summed E-state index contributed by atoms with van der Waals surface area (Å²) in [5.41, 5.74) is 11.6. The molecular weight excluding hydrogens is 294 g/mol. The molecule has 0 spiro atoms. The lowest BCUT2D eigenvalue weighted by Gasteiger charge is -2.02. The van der Waals surface area contributed by atoms with Gasteiger partial charge in [-0.1, -0.05) is 61.9 Å². The number of rotatable bonds is 7. The zero-order chi connectivity index (χ0) is 16.8. The number of H-pyrrole nitrogens is 1. The molecule has 124 valence electrons. The lowest BCUT2D eigenvalue weighted by molar-refractivity contribution is 0.794. The summed E-state index contributed by atoms with van der Waals surface area (Å²) < 4.78 is 0. The first-order chi connectivity index (χ1) is 11.8. The van der Waals surface area contributed by atoms with Crippen LogP contribution in [0.15, 0.2) is 54.7 Å². The highest BCUT2D eigenvalue weighted by molar-refractivity contribution is 5.58. The topological polar surface area (TPSA) is 54.7 Å². The van der Waals surface area contributed by atoms with Crippen molar-refractivity contribution in [1.82, 2.24) is 9.97 Å². The van der Waals surface area contributed by atoms with Gasteiger partial charge in [0.15, 0.2) is 0 Å². The molecule has 3 nitrogen and oxygen atoms in total. The highest BCUT2D eigenvalue weighted by Gasteiger charge is 2.05. The number of aromatic nitrogens is 2. The van der Waals surface area contributed by atoms with Crippen LogP contribution in [0.25, 0.3) is 11.3 Å². The van der Waals surface area contributed by atoms with Crippen molar-refractivity contribution in [2.75, 3.05) is 0 Å². The van der Waals surface area contributed by atoms with Crippen LogP contribution >= 0.6 is 0 Å². The van der Waals surface area contributed by atoms with E-state index in [1.807, 2.05) is 6.20 Å². The first-order valence-corrected chi connectivity index (χ1v) is 8.70. The molecular formula is C21H25N3. The SMILES string of the molecule is CCCCc1ccc(Cc2nc(-c3ccc(CN)cc3)c[nH]2)cc1. The quantitative estimate of drug-likeness (QED) is 0.675. The van der Waals surface area contributed by atoms with Gasteiger partial charge in [0, 0.05) is 24.7 Å². The third kappa shape index (κ3) is 4.12. The summed E-state index contributed by atoms with van der Waals surface area (Å²) in [7, 11) is 0. The minimum Gasteiger partial charge on any atom is -0.348 e. The molecule has 0 fully saturated rings. The third-order valence-electron chi connectivity index (χ3n) is 4.33. The van der Waals surface area contributed by atoms with E-state index in [0.717, 1.165) is 29.1 Å². The van der Waals surface area contributed by atoms with Gasteiger partial charge in [-0.3, -0.25) is 0 Å². The zero-order valence-corrected chi connectivity index (χ0v) is 14.3.